The number of pyridine rings is 1. The number of hydrogen-bond donors (Lipinski definition) is 0. The summed E-state index contributed by atoms with van der Waals surface area (Å²) in [6.07, 6.45) is 5.05. The first-order valence-electron chi connectivity index (χ1n) is 14.3. The molecule has 0 spiro atoms. The van der Waals surface area contributed by atoms with Crippen molar-refractivity contribution in [3.8, 4) is 23.3 Å². The van der Waals surface area contributed by atoms with Gasteiger partial charge in [-0.3, -0.25) is 9.78 Å². The number of fused-ring (bicyclic) bond motifs is 2. The Hall–Kier alpha value is -4.33. The highest BCUT2D eigenvalue weighted by molar-refractivity contribution is 6.36. The van der Waals surface area contributed by atoms with E-state index in [0.29, 0.717) is 53.4 Å². The van der Waals surface area contributed by atoms with Gasteiger partial charge in [-0.1, -0.05) is 48.5 Å². The van der Waals surface area contributed by atoms with Gasteiger partial charge in [-0.2, -0.15) is 15.2 Å². The van der Waals surface area contributed by atoms with Crippen molar-refractivity contribution in [3.63, 3.8) is 0 Å². The number of halogens is 2. The number of amides is 1. The number of aromatic nitrogens is 3. The van der Waals surface area contributed by atoms with Crippen LogP contribution in [0.4, 0.5) is 10.2 Å². The number of rotatable bonds is 7. The molecule has 2 unspecified atom stereocenters. The monoisotopic (exact) mass is 599 g/mol. The number of nitriles is 1. The fourth-order valence-electron chi connectivity index (χ4n) is 6.10. The lowest BCUT2D eigenvalue weighted by atomic mass is 10.0. The van der Waals surface area contributed by atoms with Crippen molar-refractivity contribution in [2.24, 2.45) is 0 Å². The van der Waals surface area contributed by atoms with Crippen LogP contribution < -0.4 is 9.64 Å². The van der Waals surface area contributed by atoms with Crippen LogP contribution in [0.15, 0.2) is 55.3 Å². The number of hydrogen-bond acceptors (Lipinski definition) is 8. The molecular formula is C32H31ClFN7O2. The summed E-state index contributed by atoms with van der Waals surface area (Å²) in [6.45, 7) is 6.06. The molecule has 2 aliphatic rings. The normalized spacial score (nSPS) is 19.1. The molecule has 2 aromatic carbocycles. The average molecular weight is 600 g/mol. The Bertz CT molecular complexity index is 1750. The van der Waals surface area contributed by atoms with Crippen molar-refractivity contribution in [1.82, 2.24) is 24.8 Å². The molecule has 0 aliphatic carbocycles. The highest BCUT2D eigenvalue weighted by Crippen LogP contribution is 2.37. The van der Waals surface area contributed by atoms with Crippen LogP contribution in [-0.4, -0.2) is 82.6 Å². The minimum absolute atomic E-state index is 0.0660. The molecule has 220 valence electrons. The number of nitrogens with zero attached hydrogens (tertiary/aromatic N) is 7. The molecule has 0 radical (unpaired) electrons. The molecule has 0 N–H and O–H groups in total. The van der Waals surface area contributed by atoms with Gasteiger partial charge < -0.3 is 19.4 Å². The molecule has 4 heterocycles. The Labute approximate surface area is 254 Å². The Morgan fingerprint density at radius 3 is 2.77 bits per heavy atom. The highest BCUT2D eigenvalue weighted by Gasteiger charge is 2.32. The number of benzene rings is 2. The second-order valence-corrected chi connectivity index (χ2v) is 11.3. The summed E-state index contributed by atoms with van der Waals surface area (Å²) in [5.41, 5.74) is 0.764. The number of carbonyl (C=O) groups excluding carboxylic acids is 1. The van der Waals surface area contributed by atoms with Crippen LogP contribution >= 0.6 is 11.6 Å². The van der Waals surface area contributed by atoms with Crippen LogP contribution in [0.25, 0.3) is 32.9 Å². The fourth-order valence-corrected chi connectivity index (χ4v) is 6.39. The van der Waals surface area contributed by atoms with E-state index in [1.165, 1.54) is 6.08 Å². The summed E-state index contributed by atoms with van der Waals surface area (Å²) in [7, 11) is 2.06. The third-order valence-corrected chi connectivity index (χ3v) is 8.71. The van der Waals surface area contributed by atoms with Crippen LogP contribution in [0, 0.1) is 17.1 Å². The van der Waals surface area contributed by atoms with Gasteiger partial charge in [0, 0.05) is 47.8 Å². The molecule has 2 aliphatic heterocycles. The molecule has 2 aromatic heterocycles. The van der Waals surface area contributed by atoms with E-state index in [2.05, 4.69) is 34.6 Å². The number of likely N-dealkylation sites (N-methyl/N-ethyl adjacent to an activating group) is 1. The molecule has 0 bridgehead atoms. The smallest absolute Gasteiger partial charge is 0.319 e. The Morgan fingerprint density at radius 1 is 1.21 bits per heavy atom. The number of anilines is 1. The van der Waals surface area contributed by atoms with E-state index in [1.54, 1.807) is 23.2 Å². The largest absolute Gasteiger partial charge is 0.462 e. The lowest BCUT2D eigenvalue weighted by molar-refractivity contribution is -0.128. The summed E-state index contributed by atoms with van der Waals surface area (Å²) in [4.78, 5) is 32.2. The Kier molecular flexibility index (Phi) is 8.10. The molecule has 2 atom stereocenters. The van der Waals surface area contributed by atoms with Crippen LogP contribution in [0.5, 0.6) is 6.01 Å². The number of carbonyl (C=O) groups is 1. The summed E-state index contributed by atoms with van der Waals surface area (Å²) in [6, 6.07) is 13.2. The van der Waals surface area contributed by atoms with E-state index in [1.807, 2.05) is 29.2 Å². The Morgan fingerprint density at radius 2 is 2.02 bits per heavy atom. The molecule has 11 heteroatoms. The van der Waals surface area contributed by atoms with Crippen LogP contribution in [0.1, 0.15) is 19.3 Å². The second kappa shape index (κ2) is 12.1. The molecule has 4 aromatic rings. The minimum Gasteiger partial charge on any atom is -0.462 e. The molecule has 9 nitrogen and oxygen atoms in total. The standard InChI is InChI=1S/C32H31ClFN7O2/c1-3-26(42)41-16-15-40(18-21(41)12-13-35)31-24-17-36-29(23-10-4-7-20-8-5-11-25(33)27(20)23)28(34)30(24)37-32(38-31)43-19-22-9-6-14-39(22)2/h3-5,7-8,10-11,17,21-22H,1,6,9,12,14-16,18-19H2,2H3. The molecule has 2 fully saturated rings. The van der Waals surface area contributed by atoms with Gasteiger partial charge in [-0.15, -0.1) is 0 Å². The van der Waals surface area contributed by atoms with Gasteiger partial charge in [0.2, 0.25) is 5.91 Å². The molecular weight excluding hydrogens is 569 g/mol. The first-order valence-corrected chi connectivity index (χ1v) is 14.7. The molecule has 0 saturated carbocycles. The predicted molar refractivity (Wildman–Crippen MR) is 165 cm³/mol. The quantitative estimate of drug-likeness (QED) is 0.267. The van der Waals surface area contributed by atoms with Crippen molar-refractivity contribution in [2.45, 2.75) is 31.3 Å². The van der Waals surface area contributed by atoms with Crippen LogP contribution in [-0.2, 0) is 4.79 Å². The van der Waals surface area contributed by atoms with E-state index in [4.69, 9.17) is 21.3 Å². The maximum absolute atomic E-state index is 16.6. The summed E-state index contributed by atoms with van der Waals surface area (Å²) in [5.74, 6) is -0.393. The highest BCUT2D eigenvalue weighted by atomic mass is 35.5. The van der Waals surface area contributed by atoms with Gasteiger partial charge in [0.25, 0.3) is 0 Å². The maximum Gasteiger partial charge on any atom is 0.319 e. The van der Waals surface area contributed by atoms with Gasteiger partial charge >= 0.3 is 6.01 Å². The SMILES string of the molecule is C=CC(=O)N1CCN(c2nc(OCC3CCCN3C)nc3c(F)c(-c4cccc5cccc(Cl)c45)ncc23)CC1CC#N. The van der Waals surface area contributed by atoms with Crippen LogP contribution in [0.2, 0.25) is 5.02 Å². The summed E-state index contributed by atoms with van der Waals surface area (Å²) >= 11 is 6.57. The number of likely N-dealkylation sites (tertiary alicyclic amines) is 1. The molecule has 1 amide bonds. The summed E-state index contributed by atoms with van der Waals surface area (Å²) < 4.78 is 22.7. The molecule has 6 rings (SSSR count). The lowest BCUT2D eigenvalue weighted by Crippen LogP contribution is -2.55. The van der Waals surface area contributed by atoms with Gasteiger partial charge in [0.05, 0.1) is 23.9 Å². The first-order chi connectivity index (χ1) is 20.9. The van der Waals surface area contributed by atoms with Gasteiger partial charge in [0.15, 0.2) is 5.82 Å². The van der Waals surface area contributed by atoms with Gasteiger partial charge in [0.1, 0.15) is 23.6 Å². The van der Waals surface area contributed by atoms with E-state index in [9.17, 15) is 10.1 Å². The summed E-state index contributed by atoms with van der Waals surface area (Å²) in [5, 5.41) is 12.0. The van der Waals surface area contributed by atoms with Crippen molar-refractivity contribution in [3.05, 3.63) is 66.1 Å². The number of piperazine rings is 1. The zero-order valence-corrected chi connectivity index (χ0v) is 24.6. The third kappa shape index (κ3) is 5.46. The van der Waals surface area contributed by atoms with E-state index < -0.39 is 5.82 Å². The van der Waals surface area contributed by atoms with Crippen molar-refractivity contribution in [1.29, 1.82) is 5.26 Å². The van der Waals surface area contributed by atoms with Crippen molar-refractivity contribution in [2.75, 3.05) is 44.7 Å². The van der Waals surface area contributed by atoms with Gasteiger partial charge in [-0.25, -0.2) is 4.39 Å². The fraction of sp³-hybridized carbons (Fsp3) is 0.344. The Balaban J connectivity index is 1.46. The minimum atomic E-state index is -0.606. The van der Waals surface area contributed by atoms with Crippen molar-refractivity contribution >= 4 is 45.0 Å². The topological polar surface area (TPSA) is 98.5 Å². The maximum atomic E-state index is 16.6. The third-order valence-electron chi connectivity index (χ3n) is 8.40. The van der Waals surface area contributed by atoms with E-state index in [-0.39, 0.29) is 41.6 Å². The zero-order chi connectivity index (χ0) is 30.1. The zero-order valence-electron chi connectivity index (χ0n) is 23.8. The second-order valence-electron chi connectivity index (χ2n) is 10.9. The van der Waals surface area contributed by atoms with Crippen LogP contribution in [0.3, 0.4) is 0 Å². The van der Waals surface area contributed by atoms with Crippen molar-refractivity contribution < 1.29 is 13.9 Å². The predicted octanol–water partition coefficient (Wildman–Crippen LogP) is 5.23. The number of ether oxygens (including phenoxy) is 1. The van der Waals surface area contributed by atoms with E-state index >= 15 is 4.39 Å². The van der Waals surface area contributed by atoms with Gasteiger partial charge in [-0.05, 0) is 44.0 Å². The van der Waals surface area contributed by atoms with E-state index in [0.717, 1.165) is 24.8 Å². The lowest BCUT2D eigenvalue weighted by Gasteiger charge is -2.41. The average Bonchev–Trinajstić information content (AvgIpc) is 3.44. The first kappa shape index (κ1) is 28.8. The molecule has 2 saturated heterocycles. The molecule has 43 heavy (non-hydrogen) atoms.